The number of carbonyl (C=O) groups is 2. The van der Waals surface area contributed by atoms with Gasteiger partial charge < -0.3 is 0 Å². The van der Waals surface area contributed by atoms with E-state index in [-0.39, 0.29) is 11.7 Å². The predicted molar refractivity (Wildman–Crippen MR) is 65.5 cm³/mol. The molecule has 0 spiro atoms. The molecule has 1 amide bonds. The number of anilines is 1. The van der Waals surface area contributed by atoms with E-state index in [1.54, 1.807) is 10.0 Å². The molecule has 1 aliphatic heterocycles. The largest absolute Gasteiger partial charge is 0.298 e. The summed E-state index contributed by atoms with van der Waals surface area (Å²) >= 11 is 0. The van der Waals surface area contributed by atoms with E-state index in [1.807, 2.05) is 31.2 Å². The highest BCUT2D eigenvalue weighted by Gasteiger charge is 2.30. The lowest BCUT2D eigenvalue weighted by molar-refractivity contribution is -0.119. The molecule has 0 unspecified atom stereocenters. The van der Waals surface area contributed by atoms with Crippen molar-refractivity contribution in [3.05, 3.63) is 29.8 Å². The van der Waals surface area contributed by atoms with E-state index in [4.69, 9.17) is 0 Å². The van der Waals surface area contributed by atoms with Gasteiger partial charge in [0.2, 0.25) is 5.91 Å². The minimum absolute atomic E-state index is 0.0526. The monoisotopic (exact) mass is 232 g/mol. The second-order valence-electron chi connectivity index (χ2n) is 4.38. The Hall–Kier alpha value is -1.68. The van der Waals surface area contributed by atoms with E-state index in [1.165, 1.54) is 6.92 Å². The molecule has 0 aromatic heterocycles. The summed E-state index contributed by atoms with van der Waals surface area (Å²) in [5, 5.41) is 3.42. The average molecular weight is 232 g/mol. The van der Waals surface area contributed by atoms with Crippen LogP contribution in [-0.2, 0) is 9.59 Å². The molecule has 1 fully saturated rings. The fraction of sp³-hybridized carbons (Fsp3) is 0.385. The lowest BCUT2D eigenvalue weighted by Gasteiger charge is -2.27. The smallest absolute Gasteiger partial charge is 0.242 e. The van der Waals surface area contributed by atoms with Crippen molar-refractivity contribution in [2.24, 2.45) is 0 Å². The molecule has 1 aromatic carbocycles. The van der Waals surface area contributed by atoms with Crippen molar-refractivity contribution in [1.29, 1.82) is 0 Å². The van der Waals surface area contributed by atoms with Crippen molar-refractivity contribution >= 4 is 17.4 Å². The maximum atomic E-state index is 11.9. The van der Waals surface area contributed by atoms with Crippen LogP contribution in [0.15, 0.2) is 24.3 Å². The van der Waals surface area contributed by atoms with Gasteiger partial charge in [0.05, 0.1) is 12.2 Å². The number of hydrogen-bond acceptors (Lipinski definition) is 3. The Morgan fingerprint density at radius 3 is 2.82 bits per heavy atom. The first kappa shape index (κ1) is 11.8. The quantitative estimate of drug-likeness (QED) is 0.793. The van der Waals surface area contributed by atoms with Crippen LogP contribution in [0, 0.1) is 6.92 Å². The molecule has 1 heterocycles. The van der Waals surface area contributed by atoms with Gasteiger partial charge in [0.1, 0.15) is 5.78 Å². The van der Waals surface area contributed by atoms with Crippen molar-refractivity contribution in [3.63, 3.8) is 0 Å². The molecule has 4 nitrogen and oxygen atoms in total. The molecule has 0 saturated carbocycles. The molecule has 0 aliphatic carbocycles. The van der Waals surface area contributed by atoms with Gasteiger partial charge in [-0.05, 0) is 31.5 Å². The number of hydrazine groups is 1. The first-order chi connectivity index (χ1) is 8.08. The Morgan fingerprint density at radius 1 is 1.41 bits per heavy atom. The number of rotatable bonds is 3. The molecule has 0 radical (unpaired) electrons. The third-order valence-electron chi connectivity index (χ3n) is 2.75. The van der Waals surface area contributed by atoms with Crippen molar-refractivity contribution < 1.29 is 9.59 Å². The van der Waals surface area contributed by atoms with E-state index in [0.717, 1.165) is 11.3 Å². The number of carbonyl (C=O) groups excluding carboxylic acids is 2. The van der Waals surface area contributed by atoms with Gasteiger partial charge in [-0.3, -0.25) is 9.59 Å². The summed E-state index contributed by atoms with van der Waals surface area (Å²) in [5.74, 6) is 0.120. The van der Waals surface area contributed by atoms with E-state index in [9.17, 15) is 9.59 Å². The lowest BCUT2D eigenvalue weighted by atomic mass is 10.2. The summed E-state index contributed by atoms with van der Waals surface area (Å²) in [6.45, 7) is 4.43. The summed E-state index contributed by atoms with van der Waals surface area (Å²) < 4.78 is 0. The van der Waals surface area contributed by atoms with E-state index >= 15 is 0 Å². The topological polar surface area (TPSA) is 40.6 Å². The van der Waals surface area contributed by atoms with Crippen molar-refractivity contribution in [3.8, 4) is 0 Å². The number of nitrogens with zero attached hydrogens (tertiary/aromatic N) is 2. The molecule has 17 heavy (non-hydrogen) atoms. The molecule has 0 atom stereocenters. The van der Waals surface area contributed by atoms with Gasteiger partial charge in [-0.15, -0.1) is 0 Å². The maximum absolute atomic E-state index is 11.9. The summed E-state index contributed by atoms with van der Waals surface area (Å²) in [6, 6.07) is 7.75. The van der Waals surface area contributed by atoms with Crippen molar-refractivity contribution in [1.82, 2.24) is 5.01 Å². The first-order valence-corrected chi connectivity index (χ1v) is 5.72. The highest BCUT2D eigenvalue weighted by molar-refractivity contribution is 5.95. The van der Waals surface area contributed by atoms with Gasteiger partial charge in [0, 0.05) is 13.0 Å². The highest BCUT2D eigenvalue weighted by atomic mass is 16.2. The fourth-order valence-corrected chi connectivity index (χ4v) is 2.06. The Bertz CT molecular complexity index is 456. The molecule has 0 N–H and O–H groups in total. The molecule has 1 aliphatic rings. The predicted octanol–water partition coefficient (Wildman–Crippen LogP) is 1.54. The number of amides is 1. The molecule has 1 saturated heterocycles. The number of ketones is 1. The van der Waals surface area contributed by atoms with Crippen molar-refractivity contribution in [2.75, 3.05) is 18.1 Å². The van der Waals surface area contributed by atoms with Gasteiger partial charge in [0.25, 0.3) is 0 Å². The molecule has 0 bridgehead atoms. The first-order valence-electron chi connectivity index (χ1n) is 5.72. The minimum atomic E-state index is 0.0526. The number of Topliss-reactive ketones (excluding diaryl/α,β-unsaturated/α-hetero) is 1. The van der Waals surface area contributed by atoms with Gasteiger partial charge in [0.15, 0.2) is 0 Å². The van der Waals surface area contributed by atoms with E-state index in [2.05, 4.69) is 0 Å². The third-order valence-corrected chi connectivity index (χ3v) is 2.75. The second kappa shape index (κ2) is 4.67. The summed E-state index contributed by atoms with van der Waals surface area (Å²) in [7, 11) is 0. The molecule has 4 heteroatoms. The van der Waals surface area contributed by atoms with Gasteiger partial charge in [-0.1, -0.05) is 12.1 Å². The van der Waals surface area contributed by atoms with Gasteiger partial charge >= 0.3 is 0 Å². The van der Waals surface area contributed by atoms with E-state index < -0.39 is 0 Å². The summed E-state index contributed by atoms with van der Waals surface area (Å²) in [6.07, 6.45) is 0.473. The molecule has 2 rings (SSSR count). The average Bonchev–Trinajstić information content (AvgIpc) is 2.59. The summed E-state index contributed by atoms with van der Waals surface area (Å²) in [5.41, 5.74) is 1.94. The zero-order valence-corrected chi connectivity index (χ0v) is 10.1. The highest BCUT2D eigenvalue weighted by Crippen LogP contribution is 2.23. The van der Waals surface area contributed by atoms with Crippen LogP contribution in [-0.4, -0.2) is 29.8 Å². The Labute approximate surface area is 101 Å². The van der Waals surface area contributed by atoms with Crippen LogP contribution in [0.1, 0.15) is 18.9 Å². The minimum Gasteiger partial charge on any atom is -0.298 e. The van der Waals surface area contributed by atoms with E-state index in [0.29, 0.717) is 19.5 Å². The molecule has 1 aromatic rings. The fourth-order valence-electron chi connectivity index (χ4n) is 2.06. The molecular weight excluding hydrogens is 216 g/mol. The SMILES string of the molecule is CC(=O)CN1CCC(=O)N1c1cccc(C)c1. The molecule has 90 valence electrons. The zero-order valence-electron chi connectivity index (χ0n) is 10.1. The normalized spacial score (nSPS) is 16.6. The van der Waals surface area contributed by atoms with Crippen LogP contribution in [0.4, 0.5) is 5.69 Å². The van der Waals surface area contributed by atoms with Crippen LogP contribution >= 0.6 is 0 Å². The van der Waals surface area contributed by atoms with Crippen LogP contribution in [0.2, 0.25) is 0 Å². The maximum Gasteiger partial charge on any atom is 0.242 e. The number of aryl methyl sites for hydroxylation is 1. The summed E-state index contributed by atoms with van der Waals surface area (Å²) in [4.78, 5) is 23.0. The van der Waals surface area contributed by atoms with Gasteiger partial charge in [-0.2, -0.15) is 0 Å². The molecular formula is C13H16N2O2. The van der Waals surface area contributed by atoms with Gasteiger partial charge in [-0.25, -0.2) is 10.0 Å². The number of hydrogen-bond donors (Lipinski definition) is 0. The second-order valence-corrected chi connectivity index (χ2v) is 4.38. The Balaban J connectivity index is 2.27. The standard InChI is InChI=1S/C13H16N2O2/c1-10-4-3-5-12(8-10)15-13(17)6-7-14(15)9-11(2)16/h3-5,8H,6-7,9H2,1-2H3. The van der Waals surface area contributed by atoms with Crippen molar-refractivity contribution in [2.45, 2.75) is 20.3 Å². The zero-order chi connectivity index (χ0) is 12.4. The Kier molecular flexibility index (Phi) is 3.24. The van der Waals surface area contributed by atoms with Crippen LogP contribution in [0.5, 0.6) is 0 Å². The van der Waals surface area contributed by atoms with Crippen LogP contribution in [0.25, 0.3) is 0 Å². The third kappa shape index (κ3) is 2.53. The Morgan fingerprint density at radius 2 is 2.18 bits per heavy atom. The van der Waals surface area contributed by atoms with Crippen LogP contribution in [0.3, 0.4) is 0 Å². The lowest BCUT2D eigenvalue weighted by Crippen LogP contribution is -2.41. The number of benzene rings is 1. The van der Waals surface area contributed by atoms with Crippen LogP contribution < -0.4 is 5.01 Å².